The molecule has 0 aromatic heterocycles. The fraction of sp³-hybridized carbons (Fsp3) is 0.857. The lowest BCUT2D eigenvalue weighted by atomic mass is 10.3. The molecule has 0 heterocycles. The lowest BCUT2D eigenvalue weighted by molar-refractivity contribution is 0.738. The maximum absolute atomic E-state index is 5.28. The molecule has 0 aliphatic heterocycles. The standard InChI is InChI=1S/C7H17N3S/c1-2-3-5-9-7(11)10-6-4-8/h2-6,8H2,1H3,(H2,9,10,11). The van der Waals surface area contributed by atoms with Crippen LogP contribution in [0.1, 0.15) is 19.8 Å². The van der Waals surface area contributed by atoms with Crippen LogP contribution >= 0.6 is 12.2 Å². The molecular weight excluding hydrogens is 158 g/mol. The summed E-state index contributed by atoms with van der Waals surface area (Å²) in [6.07, 6.45) is 2.34. The summed E-state index contributed by atoms with van der Waals surface area (Å²) in [6.45, 7) is 4.47. The van der Waals surface area contributed by atoms with E-state index in [0.29, 0.717) is 11.7 Å². The molecule has 0 aromatic rings. The molecular formula is C7H17N3S. The Labute approximate surface area is 73.7 Å². The molecule has 0 aliphatic carbocycles. The molecule has 0 unspecified atom stereocenters. The Morgan fingerprint density at radius 2 is 2.00 bits per heavy atom. The number of unbranched alkanes of at least 4 members (excludes halogenated alkanes) is 1. The third-order valence-electron chi connectivity index (χ3n) is 1.25. The van der Waals surface area contributed by atoms with E-state index >= 15 is 0 Å². The van der Waals surface area contributed by atoms with Crippen LogP contribution in [0.2, 0.25) is 0 Å². The van der Waals surface area contributed by atoms with Gasteiger partial charge in [-0.3, -0.25) is 0 Å². The zero-order valence-electron chi connectivity index (χ0n) is 7.02. The van der Waals surface area contributed by atoms with Gasteiger partial charge >= 0.3 is 0 Å². The maximum atomic E-state index is 5.28. The monoisotopic (exact) mass is 175 g/mol. The van der Waals surface area contributed by atoms with Gasteiger partial charge in [0.05, 0.1) is 0 Å². The minimum absolute atomic E-state index is 0.621. The van der Waals surface area contributed by atoms with Gasteiger partial charge in [-0.25, -0.2) is 0 Å². The topological polar surface area (TPSA) is 50.1 Å². The normalized spacial score (nSPS) is 9.27. The average Bonchev–Trinajstić information content (AvgIpc) is 2.01. The first-order chi connectivity index (χ1) is 5.31. The van der Waals surface area contributed by atoms with Gasteiger partial charge in [-0.2, -0.15) is 0 Å². The Bertz CT molecular complexity index is 106. The Balaban J connectivity index is 3.09. The second kappa shape index (κ2) is 7.75. The van der Waals surface area contributed by atoms with Crippen molar-refractivity contribution in [3.8, 4) is 0 Å². The third kappa shape index (κ3) is 7.55. The molecule has 0 spiro atoms. The fourth-order valence-electron chi connectivity index (χ4n) is 0.627. The molecule has 0 radical (unpaired) electrons. The molecule has 3 nitrogen and oxygen atoms in total. The first-order valence-electron chi connectivity index (χ1n) is 4.03. The SMILES string of the molecule is CCCCNC(=S)NCCN. The highest BCUT2D eigenvalue weighted by Gasteiger charge is 1.90. The predicted octanol–water partition coefficient (Wildman–Crippen LogP) is 0.209. The molecule has 11 heavy (non-hydrogen) atoms. The lowest BCUT2D eigenvalue weighted by Gasteiger charge is -2.07. The molecule has 0 amide bonds. The summed E-state index contributed by atoms with van der Waals surface area (Å²) in [6, 6.07) is 0. The van der Waals surface area contributed by atoms with Gasteiger partial charge in [0.1, 0.15) is 0 Å². The molecule has 4 heteroatoms. The second-order valence-corrected chi connectivity index (χ2v) is 2.73. The van der Waals surface area contributed by atoms with Crippen molar-refractivity contribution in [3.63, 3.8) is 0 Å². The van der Waals surface area contributed by atoms with E-state index in [0.717, 1.165) is 19.5 Å². The Morgan fingerprint density at radius 3 is 2.55 bits per heavy atom. The van der Waals surface area contributed by atoms with Crippen LogP contribution in [0.3, 0.4) is 0 Å². The highest BCUT2D eigenvalue weighted by molar-refractivity contribution is 7.80. The van der Waals surface area contributed by atoms with Crippen LogP contribution < -0.4 is 16.4 Å². The predicted molar refractivity (Wildman–Crippen MR) is 52.6 cm³/mol. The van der Waals surface area contributed by atoms with Crippen molar-refractivity contribution in [1.82, 2.24) is 10.6 Å². The zero-order chi connectivity index (χ0) is 8.53. The average molecular weight is 175 g/mol. The largest absolute Gasteiger partial charge is 0.363 e. The number of thiocarbonyl (C=S) groups is 1. The molecule has 0 saturated carbocycles. The third-order valence-corrected chi connectivity index (χ3v) is 1.53. The quantitative estimate of drug-likeness (QED) is 0.413. The minimum atomic E-state index is 0.621. The molecule has 66 valence electrons. The fourth-order valence-corrected chi connectivity index (χ4v) is 0.831. The second-order valence-electron chi connectivity index (χ2n) is 2.32. The summed E-state index contributed by atoms with van der Waals surface area (Å²) in [5.74, 6) is 0. The number of hydrogen-bond acceptors (Lipinski definition) is 2. The van der Waals surface area contributed by atoms with Crippen LogP contribution in [0.25, 0.3) is 0 Å². The molecule has 4 N–H and O–H groups in total. The van der Waals surface area contributed by atoms with Gasteiger partial charge in [0, 0.05) is 19.6 Å². The number of hydrogen-bond donors (Lipinski definition) is 3. The minimum Gasteiger partial charge on any atom is -0.363 e. The van der Waals surface area contributed by atoms with E-state index in [2.05, 4.69) is 17.6 Å². The Morgan fingerprint density at radius 1 is 1.36 bits per heavy atom. The van der Waals surface area contributed by atoms with E-state index in [1.54, 1.807) is 0 Å². The highest BCUT2D eigenvalue weighted by Crippen LogP contribution is 1.81. The van der Waals surface area contributed by atoms with E-state index in [4.69, 9.17) is 18.0 Å². The number of nitrogens with one attached hydrogen (secondary N) is 2. The first kappa shape index (κ1) is 10.7. The van der Waals surface area contributed by atoms with Gasteiger partial charge in [-0.15, -0.1) is 0 Å². The van der Waals surface area contributed by atoms with Crippen LogP contribution in [0.15, 0.2) is 0 Å². The van der Waals surface area contributed by atoms with Crippen LogP contribution in [-0.4, -0.2) is 24.7 Å². The van der Waals surface area contributed by atoms with Gasteiger partial charge in [0.2, 0.25) is 0 Å². The Hall–Kier alpha value is -0.350. The summed E-state index contributed by atoms with van der Waals surface area (Å²) < 4.78 is 0. The van der Waals surface area contributed by atoms with Crippen LogP contribution in [0.5, 0.6) is 0 Å². The van der Waals surface area contributed by atoms with Crippen LogP contribution in [0, 0.1) is 0 Å². The van der Waals surface area contributed by atoms with E-state index in [1.807, 2.05) is 0 Å². The van der Waals surface area contributed by atoms with Crippen molar-refractivity contribution in [2.75, 3.05) is 19.6 Å². The summed E-state index contributed by atoms with van der Waals surface area (Å²) in [4.78, 5) is 0. The van der Waals surface area contributed by atoms with Crippen molar-refractivity contribution in [3.05, 3.63) is 0 Å². The molecule has 0 rings (SSSR count). The van der Waals surface area contributed by atoms with E-state index < -0.39 is 0 Å². The van der Waals surface area contributed by atoms with Gasteiger partial charge in [0.25, 0.3) is 0 Å². The molecule has 0 saturated heterocycles. The van der Waals surface area contributed by atoms with Gasteiger partial charge in [0.15, 0.2) is 5.11 Å². The van der Waals surface area contributed by atoms with Crippen molar-refractivity contribution in [2.24, 2.45) is 5.73 Å². The summed E-state index contributed by atoms with van der Waals surface area (Å²) in [7, 11) is 0. The summed E-state index contributed by atoms with van der Waals surface area (Å²) in [5.41, 5.74) is 5.28. The molecule has 0 fully saturated rings. The van der Waals surface area contributed by atoms with Crippen molar-refractivity contribution in [2.45, 2.75) is 19.8 Å². The van der Waals surface area contributed by atoms with Crippen LogP contribution in [-0.2, 0) is 0 Å². The molecule has 0 aliphatic rings. The van der Waals surface area contributed by atoms with E-state index in [1.165, 1.54) is 6.42 Å². The zero-order valence-corrected chi connectivity index (χ0v) is 7.84. The first-order valence-corrected chi connectivity index (χ1v) is 4.43. The molecule has 0 bridgehead atoms. The highest BCUT2D eigenvalue weighted by atomic mass is 32.1. The number of nitrogens with two attached hydrogens (primary N) is 1. The van der Waals surface area contributed by atoms with E-state index in [9.17, 15) is 0 Å². The maximum Gasteiger partial charge on any atom is 0.166 e. The van der Waals surface area contributed by atoms with E-state index in [-0.39, 0.29) is 0 Å². The van der Waals surface area contributed by atoms with Crippen molar-refractivity contribution in [1.29, 1.82) is 0 Å². The summed E-state index contributed by atoms with van der Waals surface area (Å²) in [5, 5.41) is 6.78. The van der Waals surface area contributed by atoms with Gasteiger partial charge in [-0.05, 0) is 18.6 Å². The smallest absolute Gasteiger partial charge is 0.166 e. The molecule has 0 atom stereocenters. The van der Waals surface area contributed by atoms with Crippen molar-refractivity contribution >= 4 is 17.3 Å². The van der Waals surface area contributed by atoms with Gasteiger partial charge in [-0.1, -0.05) is 13.3 Å². The lowest BCUT2D eigenvalue weighted by Crippen LogP contribution is -2.38. The Kier molecular flexibility index (Phi) is 7.51. The number of rotatable bonds is 5. The van der Waals surface area contributed by atoms with Crippen molar-refractivity contribution < 1.29 is 0 Å². The van der Waals surface area contributed by atoms with Gasteiger partial charge < -0.3 is 16.4 Å². The molecule has 0 aromatic carbocycles. The van der Waals surface area contributed by atoms with Crippen LogP contribution in [0.4, 0.5) is 0 Å². The summed E-state index contributed by atoms with van der Waals surface area (Å²) >= 11 is 4.96.